The minimum absolute atomic E-state index is 0.320. The predicted molar refractivity (Wildman–Crippen MR) is 50.6 cm³/mol. The van der Waals surface area contributed by atoms with Crippen LogP contribution in [-0.4, -0.2) is 4.05 Å². The Balaban J connectivity index is 3.63. The Morgan fingerprint density at radius 2 is 1.89 bits per heavy atom. The average molecular weight is 237 g/mol. The first-order valence-corrected chi connectivity index (χ1v) is 4.00. The number of hydrogen-bond acceptors (Lipinski definition) is 1. The van der Waals surface area contributed by atoms with Crippen LogP contribution in [0.5, 0.6) is 0 Å². The van der Waals surface area contributed by atoms with Gasteiger partial charge in [0.1, 0.15) is 0 Å². The van der Waals surface area contributed by atoms with Gasteiger partial charge in [-0.2, -0.15) is 0 Å². The zero-order valence-electron chi connectivity index (χ0n) is 5.87. The van der Waals surface area contributed by atoms with Gasteiger partial charge in [-0.3, -0.25) is 0 Å². The van der Waals surface area contributed by atoms with Crippen LogP contribution in [0.15, 0.2) is 24.4 Å². The lowest BCUT2D eigenvalue weighted by atomic mass is 10.3. The van der Waals surface area contributed by atoms with E-state index in [0.29, 0.717) is 4.05 Å². The van der Waals surface area contributed by atoms with Gasteiger partial charge in [0.05, 0.1) is 4.05 Å². The highest BCUT2D eigenvalue weighted by Crippen LogP contribution is 2.07. The molecule has 0 bridgehead atoms. The molecule has 0 heterocycles. The summed E-state index contributed by atoms with van der Waals surface area (Å²) in [6.45, 7) is 11.4. The molecule has 0 amide bonds. The second-order valence-corrected chi connectivity index (χ2v) is 3.38. The Morgan fingerprint density at radius 3 is 2.00 bits per heavy atom. The number of alkyl halides is 1. The molecule has 0 fully saturated rings. The van der Waals surface area contributed by atoms with Crippen molar-refractivity contribution >= 4 is 22.6 Å². The maximum Gasteiger partial charge on any atom is 0.0988 e. The summed E-state index contributed by atoms with van der Waals surface area (Å²) >= 11 is 2.28. The van der Waals surface area contributed by atoms with E-state index in [1.807, 2.05) is 13.8 Å². The number of rotatable bonds is 3. The van der Waals surface area contributed by atoms with E-state index in [2.05, 4.69) is 41.1 Å². The molecule has 0 saturated carbocycles. The number of hydrogen-bond donors (Lipinski definition) is 1. The largest absolute Gasteiger partial charge is 0.374 e. The first-order chi connectivity index (χ1) is 4.04. The van der Waals surface area contributed by atoms with E-state index in [-0.39, 0.29) is 0 Å². The molecule has 0 aromatic carbocycles. The monoisotopic (exact) mass is 237 g/mol. The molecule has 2 heteroatoms. The van der Waals surface area contributed by atoms with Crippen molar-refractivity contribution in [1.29, 1.82) is 0 Å². The van der Waals surface area contributed by atoms with Gasteiger partial charge in [-0.25, -0.2) is 0 Å². The van der Waals surface area contributed by atoms with E-state index in [4.69, 9.17) is 0 Å². The fourth-order valence-electron chi connectivity index (χ4n) is 0.340. The fraction of sp³-hybridized carbons (Fsp3) is 0.429. The second kappa shape index (κ2) is 3.93. The SMILES string of the molecule is C=C(C)N[C@H](I)C(=C)C. The summed E-state index contributed by atoms with van der Waals surface area (Å²) in [6.07, 6.45) is 0. The number of halogens is 1. The molecule has 0 aliphatic rings. The van der Waals surface area contributed by atoms with Gasteiger partial charge in [0.15, 0.2) is 0 Å². The van der Waals surface area contributed by atoms with Gasteiger partial charge in [0.25, 0.3) is 0 Å². The van der Waals surface area contributed by atoms with E-state index in [9.17, 15) is 0 Å². The van der Waals surface area contributed by atoms with Crippen LogP contribution < -0.4 is 5.32 Å². The van der Waals surface area contributed by atoms with Crippen LogP contribution in [0, 0.1) is 0 Å². The van der Waals surface area contributed by atoms with Crippen molar-refractivity contribution in [2.45, 2.75) is 17.9 Å². The molecule has 1 nitrogen and oxygen atoms in total. The Morgan fingerprint density at radius 1 is 1.44 bits per heavy atom. The maximum atomic E-state index is 3.80. The molecule has 1 atom stereocenters. The molecule has 1 N–H and O–H groups in total. The Bertz CT molecular complexity index is 129. The van der Waals surface area contributed by atoms with Crippen molar-refractivity contribution in [1.82, 2.24) is 5.32 Å². The molecule has 0 unspecified atom stereocenters. The minimum atomic E-state index is 0.320. The number of allylic oxidation sites excluding steroid dienone is 1. The van der Waals surface area contributed by atoms with Crippen molar-refractivity contribution in [2.75, 3.05) is 0 Å². The lowest BCUT2D eigenvalue weighted by Crippen LogP contribution is -2.20. The molecule has 0 radical (unpaired) electrons. The highest BCUT2D eigenvalue weighted by atomic mass is 127. The third kappa shape index (κ3) is 4.51. The molecular weight excluding hydrogens is 225 g/mol. The van der Waals surface area contributed by atoms with Crippen LogP contribution in [0.25, 0.3) is 0 Å². The van der Waals surface area contributed by atoms with Gasteiger partial charge in [0, 0.05) is 5.70 Å². The van der Waals surface area contributed by atoms with Crippen LogP contribution in [0.4, 0.5) is 0 Å². The third-order valence-corrected chi connectivity index (χ3v) is 2.18. The first kappa shape index (κ1) is 9.01. The maximum absolute atomic E-state index is 3.80. The van der Waals surface area contributed by atoms with Crippen LogP contribution in [-0.2, 0) is 0 Å². The highest BCUT2D eigenvalue weighted by Gasteiger charge is 1.99. The molecule has 52 valence electrons. The molecule has 0 aliphatic carbocycles. The average Bonchev–Trinajstić information content (AvgIpc) is 1.63. The van der Waals surface area contributed by atoms with E-state index < -0.39 is 0 Å². The summed E-state index contributed by atoms with van der Waals surface area (Å²) < 4.78 is 0.320. The number of nitrogens with one attached hydrogen (secondary N) is 1. The Labute approximate surface area is 70.4 Å². The molecule has 0 rings (SSSR count). The summed E-state index contributed by atoms with van der Waals surface area (Å²) in [4.78, 5) is 0. The zero-order chi connectivity index (χ0) is 7.44. The van der Waals surface area contributed by atoms with Crippen LogP contribution >= 0.6 is 22.6 Å². The summed E-state index contributed by atoms with van der Waals surface area (Å²) in [5.74, 6) is 0. The van der Waals surface area contributed by atoms with Gasteiger partial charge in [-0.05, 0) is 19.4 Å². The molecule has 0 saturated heterocycles. The van der Waals surface area contributed by atoms with E-state index in [0.717, 1.165) is 11.3 Å². The second-order valence-electron chi connectivity index (χ2n) is 2.13. The quantitative estimate of drug-likeness (QED) is 0.344. The zero-order valence-corrected chi connectivity index (χ0v) is 8.03. The standard InChI is InChI=1S/C7H12IN/c1-5(2)7(8)9-6(3)4/h7,9H,1,3H2,2,4H3/t7-/m0/s1. The van der Waals surface area contributed by atoms with E-state index in [1.54, 1.807) is 0 Å². The highest BCUT2D eigenvalue weighted by molar-refractivity contribution is 14.1. The van der Waals surface area contributed by atoms with Gasteiger partial charge in [0.2, 0.25) is 0 Å². The minimum Gasteiger partial charge on any atom is -0.374 e. The Kier molecular flexibility index (Phi) is 3.93. The first-order valence-electron chi connectivity index (χ1n) is 2.75. The van der Waals surface area contributed by atoms with Crippen LogP contribution in [0.1, 0.15) is 13.8 Å². The molecule has 0 aromatic rings. The lowest BCUT2D eigenvalue weighted by molar-refractivity contribution is 0.851. The normalized spacial score (nSPS) is 12.3. The Hall–Kier alpha value is 0.01000. The summed E-state index contributed by atoms with van der Waals surface area (Å²) in [7, 11) is 0. The molecule has 0 aromatic heterocycles. The molecule has 0 spiro atoms. The molecule has 0 aliphatic heterocycles. The van der Waals surface area contributed by atoms with E-state index in [1.165, 1.54) is 0 Å². The summed E-state index contributed by atoms with van der Waals surface area (Å²) in [5.41, 5.74) is 2.11. The third-order valence-electron chi connectivity index (χ3n) is 0.806. The lowest BCUT2D eigenvalue weighted by Gasteiger charge is -2.11. The smallest absolute Gasteiger partial charge is 0.0988 e. The summed E-state index contributed by atoms with van der Waals surface area (Å²) in [5, 5.41) is 3.13. The van der Waals surface area contributed by atoms with Crippen molar-refractivity contribution in [3.05, 3.63) is 24.4 Å². The van der Waals surface area contributed by atoms with Crippen molar-refractivity contribution in [3.63, 3.8) is 0 Å². The van der Waals surface area contributed by atoms with E-state index >= 15 is 0 Å². The molecular formula is C7H12IN. The molecule has 9 heavy (non-hydrogen) atoms. The van der Waals surface area contributed by atoms with Gasteiger partial charge in [-0.1, -0.05) is 35.7 Å². The summed E-state index contributed by atoms with van der Waals surface area (Å²) in [6, 6.07) is 0. The van der Waals surface area contributed by atoms with Crippen LogP contribution in [0.3, 0.4) is 0 Å². The fourth-order valence-corrected chi connectivity index (χ4v) is 0.871. The predicted octanol–water partition coefficient (Wildman–Crippen LogP) is 2.45. The van der Waals surface area contributed by atoms with Crippen molar-refractivity contribution < 1.29 is 0 Å². The topological polar surface area (TPSA) is 12.0 Å². The van der Waals surface area contributed by atoms with Gasteiger partial charge >= 0.3 is 0 Å². The van der Waals surface area contributed by atoms with Gasteiger partial charge in [-0.15, -0.1) is 0 Å². The van der Waals surface area contributed by atoms with Crippen LogP contribution in [0.2, 0.25) is 0 Å². The van der Waals surface area contributed by atoms with Gasteiger partial charge < -0.3 is 5.32 Å². The van der Waals surface area contributed by atoms with Crippen molar-refractivity contribution in [3.8, 4) is 0 Å². The van der Waals surface area contributed by atoms with Crippen molar-refractivity contribution in [2.24, 2.45) is 0 Å².